The molecular formula is C41H78N8O22. The van der Waals surface area contributed by atoms with Crippen molar-refractivity contribution in [2.45, 2.75) is 138 Å². The van der Waals surface area contributed by atoms with Crippen molar-refractivity contribution in [3.63, 3.8) is 0 Å². The summed E-state index contributed by atoms with van der Waals surface area (Å²) in [5.41, 5.74) is 5.35. The van der Waals surface area contributed by atoms with Crippen molar-refractivity contribution in [2.75, 3.05) is 66.0 Å². The number of hydrogen-bond acceptors (Lipinski definition) is 21. The minimum atomic E-state index is -1.57. The number of aliphatic hydroxyl groups is 4. The number of nitrogens with one attached hydrogen (secondary N) is 7. The van der Waals surface area contributed by atoms with Gasteiger partial charge in [-0.3, -0.25) is 28.8 Å². The zero-order valence-electron chi connectivity index (χ0n) is 39.8. The van der Waals surface area contributed by atoms with Crippen LogP contribution in [0.5, 0.6) is 0 Å². The maximum atomic E-state index is 11.2. The summed E-state index contributed by atoms with van der Waals surface area (Å²) in [5.74, 6) is -10.7. The summed E-state index contributed by atoms with van der Waals surface area (Å²) in [5, 5.41) is 135. The second-order valence-corrected chi connectivity index (χ2v) is 15.8. The third-order valence-corrected chi connectivity index (χ3v) is 10.1. The molecule has 22 N–H and O–H groups in total. The Morgan fingerprint density at radius 3 is 0.803 bits per heavy atom. The fraction of sp³-hybridized carbons (Fsp3) is 0.780. The molecule has 0 aromatic rings. The predicted octanol–water partition coefficient (Wildman–Crippen LogP) is -5.21. The molecule has 0 fully saturated rings. The van der Waals surface area contributed by atoms with Gasteiger partial charge in [0.15, 0.2) is 18.3 Å². The van der Waals surface area contributed by atoms with Gasteiger partial charge in [0.2, 0.25) is 0 Å². The molecule has 9 atom stereocenters. The van der Waals surface area contributed by atoms with Crippen molar-refractivity contribution in [2.24, 2.45) is 5.73 Å². The summed E-state index contributed by atoms with van der Waals surface area (Å²) in [6, 6.07) is -5.38. The molecule has 30 nitrogen and oxygen atoms in total. The van der Waals surface area contributed by atoms with Crippen molar-refractivity contribution in [3.8, 4) is 0 Å². The number of rotatable bonds is 44. The highest BCUT2D eigenvalue weighted by atomic mass is 16.4. The predicted molar refractivity (Wildman–Crippen MR) is 248 cm³/mol. The van der Waals surface area contributed by atoms with Gasteiger partial charge in [-0.05, 0) is 130 Å². The molecule has 0 aromatic carbocycles. The highest BCUT2D eigenvalue weighted by molar-refractivity contribution is 5.76. The molecule has 0 heterocycles. The molecule has 30 heteroatoms. The molecule has 0 aliphatic heterocycles. The maximum absolute atomic E-state index is 11.2. The Morgan fingerprint density at radius 2 is 0.577 bits per heavy atom. The Kier molecular flexibility index (Phi) is 42.9. The first-order valence-electron chi connectivity index (χ1n) is 22.8. The van der Waals surface area contributed by atoms with Gasteiger partial charge in [-0.2, -0.15) is 0 Å². The fourth-order valence-corrected chi connectivity index (χ4v) is 5.91. The third kappa shape index (κ3) is 39.1. The Labute approximate surface area is 409 Å². The molecule has 0 amide bonds. The van der Waals surface area contributed by atoms with Crippen molar-refractivity contribution < 1.29 is 110 Å². The number of nitrogens with two attached hydrogens (primary N) is 1. The van der Waals surface area contributed by atoms with Crippen LogP contribution >= 0.6 is 0 Å². The van der Waals surface area contributed by atoms with E-state index >= 15 is 0 Å². The molecule has 0 spiro atoms. The average molecular weight is 1040 g/mol. The van der Waals surface area contributed by atoms with Gasteiger partial charge in [-0.25, -0.2) is 14.4 Å². The molecule has 0 saturated heterocycles. The molecule has 414 valence electrons. The summed E-state index contributed by atoms with van der Waals surface area (Å²) in [6.45, 7) is 1.46. The molecule has 71 heavy (non-hydrogen) atoms. The fourth-order valence-electron chi connectivity index (χ4n) is 5.91. The average Bonchev–Trinajstić information content (AvgIpc) is 3.29. The number of carbonyl (C=O) groups is 9. The van der Waals surface area contributed by atoms with Gasteiger partial charge in [0.1, 0.15) is 36.3 Å². The van der Waals surface area contributed by atoms with Crippen molar-refractivity contribution in [3.05, 3.63) is 0 Å². The summed E-state index contributed by atoms with van der Waals surface area (Å²) in [7, 11) is 1.82. The third-order valence-electron chi connectivity index (χ3n) is 10.1. The second-order valence-electron chi connectivity index (χ2n) is 15.8. The van der Waals surface area contributed by atoms with Crippen molar-refractivity contribution in [1.29, 1.82) is 0 Å². The smallest absolute Gasteiger partial charge is 0.332 e. The van der Waals surface area contributed by atoms with Gasteiger partial charge < -0.3 is 109 Å². The van der Waals surface area contributed by atoms with E-state index in [2.05, 4.69) is 37.2 Å². The first-order chi connectivity index (χ1) is 33.4. The SMILES string of the molecule is CNCCCC[C@H](NCC[C@H](NCC[C@H](O)C(=O)O)C(=O)O)C(=O)O.NCCCC[C@H](NCC[C@H](NCC[C@H](O)C(=O)O)C(=O)O)C(=O)O.O=C(O)[C@H](CCO)NCC[C@H](NCC[C@H](O)C(=O)O)C(=O)O. The van der Waals surface area contributed by atoms with Crippen LogP contribution in [0.2, 0.25) is 0 Å². The van der Waals surface area contributed by atoms with Crippen LogP contribution in [0.25, 0.3) is 0 Å². The zero-order valence-corrected chi connectivity index (χ0v) is 39.8. The molecule has 0 aliphatic carbocycles. The molecule has 0 bridgehead atoms. The van der Waals surface area contributed by atoms with E-state index in [4.69, 9.17) is 72.1 Å². The molecule has 0 aromatic heterocycles. The monoisotopic (exact) mass is 1030 g/mol. The van der Waals surface area contributed by atoms with Gasteiger partial charge in [-0.1, -0.05) is 12.8 Å². The Morgan fingerprint density at radius 1 is 0.338 bits per heavy atom. The minimum absolute atomic E-state index is 0.00526. The lowest BCUT2D eigenvalue weighted by atomic mass is 10.1. The van der Waals surface area contributed by atoms with Crippen LogP contribution in [0, 0.1) is 0 Å². The van der Waals surface area contributed by atoms with Crippen LogP contribution < -0.4 is 43.0 Å². The normalized spacial score (nSPS) is 14.8. The first kappa shape index (κ1) is 70.0. The Balaban J connectivity index is -0.000000979. The lowest BCUT2D eigenvalue weighted by molar-refractivity contribution is -0.147. The van der Waals surface area contributed by atoms with Crippen LogP contribution in [0.4, 0.5) is 0 Å². The zero-order chi connectivity index (χ0) is 54.9. The lowest BCUT2D eigenvalue weighted by Gasteiger charge is -2.18. The molecule has 0 saturated carbocycles. The summed E-state index contributed by atoms with van der Waals surface area (Å²) >= 11 is 0. The van der Waals surface area contributed by atoms with Gasteiger partial charge in [-0.15, -0.1) is 0 Å². The van der Waals surface area contributed by atoms with Crippen LogP contribution in [0.3, 0.4) is 0 Å². The molecule has 0 radical (unpaired) electrons. The summed E-state index contributed by atoms with van der Waals surface area (Å²) in [6.07, 6.45) is -0.893. The molecular weight excluding hydrogens is 956 g/mol. The van der Waals surface area contributed by atoms with E-state index in [1.54, 1.807) is 0 Å². The number of aliphatic carboxylic acids is 9. The number of hydrogen-bond donors (Lipinski definition) is 21. The van der Waals surface area contributed by atoms with E-state index in [9.17, 15) is 43.2 Å². The van der Waals surface area contributed by atoms with Gasteiger partial charge in [0.05, 0.1) is 0 Å². The number of carboxylic acids is 9. The van der Waals surface area contributed by atoms with Gasteiger partial charge in [0.25, 0.3) is 0 Å². The van der Waals surface area contributed by atoms with E-state index in [0.29, 0.717) is 25.8 Å². The lowest BCUT2D eigenvalue weighted by Crippen LogP contribution is -2.44. The summed E-state index contributed by atoms with van der Waals surface area (Å²) in [4.78, 5) is 97.8. The Bertz CT molecular complexity index is 1550. The van der Waals surface area contributed by atoms with Gasteiger partial charge >= 0.3 is 53.7 Å². The van der Waals surface area contributed by atoms with E-state index in [0.717, 1.165) is 25.8 Å². The van der Waals surface area contributed by atoms with Crippen molar-refractivity contribution in [1.82, 2.24) is 37.2 Å². The van der Waals surface area contributed by atoms with E-state index < -0.39 is 108 Å². The maximum Gasteiger partial charge on any atom is 0.332 e. The van der Waals surface area contributed by atoms with Crippen LogP contribution in [-0.2, 0) is 43.2 Å². The van der Waals surface area contributed by atoms with Crippen LogP contribution in [-0.4, -0.2) is 241 Å². The van der Waals surface area contributed by atoms with E-state index in [1.807, 2.05) is 7.05 Å². The highest BCUT2D eigenvalue weighted by Gasteiger charge is 2.24. The highest BCUT2D eigenvalue weighted by Crippen LogP contribution is 2.04. The van der Waals surface area contributed by atoms with Crippen molar-refractivity contribution >= 4 is 53.7 Å². The topological polar surface area (TPSA) is 527 Å². The summed E-state index contributed by atoms with van der Waals surface area (Å²) < 4.78 is 0. The van der Waals surface area contributed by atoms with E-state index in [-0.39, 0.29) is 90.8 Å². The number of aliphatic hydroxyl groups excluding tert-OH is 4. The van der Waals surface area contributed by atoms with Gasteiger partial charge in [0, 0.05) is 6.61 Å². The molecule has 0 unspecified atom stereocenters. The minimum Gasteiger partial charge on any atom is -0.480 e. The number of carboxylic acid groups (broad SMARTS) is 9. The van der Waals surface area contributed by atoms with Crippen LogP contribution in [0.15, 0.2) is 0 Å². The largest absolute Gasteiger partial charge is 0.480 e. The molecule has 0 rings (SSSR count). The quantitative estimate of drug-likeness (QED) is 0.0254. The number of unbranched alkanes of at least 4 members (excludes halogenated alkanes) is 2. The second kappa shape index (κ2) is 43.5. The standard InChI is InChI=1S/C15H29N3O7.C14H27N3O7.C12H22N2O8/c1-16-7-3-2-4-10(13(20)21)17-8-5-11(14(22)23)18-9-6-12(19)15(24)25;15-6-2-1-3-9(12(19)20)16-7-4-10(13(21)22)17-8-5-11(18)14(23)24;15-6-3-8(11(19)20)13-4-1-7(10(17)18)14-5-2-9(16)12(21)22/h10-12,16-19H,2-9H2,1H3,(H,20,21)(H,22,23)(H,24,25);9-11,16-18H,1-8,15H2,(H,19,20)(H,21,22)(H,23,24);7-9,13-16H,1-6H2,(H,17,18)(H,19,20)(H,21,22)/t10-,11-,12-;9-,10-,11-;7-,8-,9-/m000/s1. The Hall–Kier alpha value is -5.25. The first-order valence-corrected chi connectivity index (χ1v) is 22.8. The van der Waals surface area contributed by atoms with E-state index in [1.165, 1.54) is 0 Å². The molecule has 0 aliphatic rings. The van der Waals surface area contributed by atoms with Crippen LogP contribution in [0.1, 0.15) is 83.5 Å².